The van der Waals surface area contributed by atoms with E-state index in [-0.39, 0.29) is 0 Å². The Morgan fingerprint density at radius 1 is 1.41 bits per heavy atom. The van der Waals surface area contributed by atoms with Gasteiger partial charge in [0.15, 0.2) is 6.29 Å². The first-order valence-corrected chi connectivity index (χ1v) is 6.22. The van der Waals surface area contributed by atoms with Gasteiger partial charge in [-0.05, 0) is 37.3 Å². The average molecular weight is 249 g/mol. The summed E-state index contributed by atoms with van der Waals surface area (Å²) in [5.41, 5.74) is 4.06. The lowest BCUT2D eigenvalue weighted by Gasteiger charge is -2.12. The van der Waals surface area contributed by atoms with Crippen molar-refractivity contribution < 1.29 is 4.79 Å². The minimum atomic E-state index is 0.401. The molecular weight excluding hydrogens is 236 g/mol. The maximum absolute atomic E-state index is 11.1. The molecule has 3 rings (SSSR count). The molecule has 0 fully saturated rings. The summed E-state index contributed by atoms with van der Waals surface area (Å²) in [5, 5.41) is 1.50. The molecule has 0 atom stereocenters. The number of halogens is 1. The van der Waals surface area contributed by atoms with Crippen LogP contribution in [0.2, 0.25) is 5.15 Å². The molecule has 88 valence electrons. The van der Waals surface area contributed by atoms with Gasteiger partial charge in [-0.15, -0.1) is 0 Å². The Kier molecular flexibility index (Phi) is 2.44. The third-order valence-electron chi connectivity index (χ3n) is 3.60. The van der Waals surface area contributed by atoms with E-state index in [2.05, 4.69) is 9.55 Å². The lowest BCUT2D eigenvalue weighted by atomic mass is 9.96. The third-order valence-corrected chi connectivity index (χ3v) is 3.80. The summed E-state index contributed by atoms with van der Waals surface area (Å²) >= 11 is 5.98. The number of hydrogen-bond acceptors (Lipinski definition) is 2. The Bertz CT molecular complexity index is 616. The summed E-state index contributed by atoms with van der Waals surface area (Å²) in [4.78, 5) is 15.2. The van der Waals surface area contributed by atoms with E-state index in [9.17, 15) is 4.79 Å². The zero-order chi connectivity index (χ0) is 12.0. The number of pyridine rings is 1. The van der Waals surface area contributed by atoms with Gasteiger partial charge in [-0.2, -0.15) is 0 Å². The Balaban J connectivity index is 2.45. The van der Waals surface area contributed by atoms with Gasteiger partial charge >= 0.3 is 0 Å². The first kappa shape index (κ1) is 10.8. The molecule has 4 heteroatoms. The van der Waals surface area contributed by atoms with Gasteiger partial charge in [0.05, 0.1) is 5.52 Å². The molecule has 1 aliphatic rings. The van der Waals surface area contributed by atoms with Gasteiger partial charge < -0.3 is 4.57 Å². The van der Waals surface area contributed by atoms with Crippen molar-refractivity contribution in [3.05, 3.63) is 28.2 Å². The summed E-state index contributed by atoms with van der Waals surface area (Å²) in [6.45, 7) is 0. The van der Waals surface area contributed by atoms with Crippen LogP contribution < -0.4 is 0 Å². The van der Waals surface area contributed by atoms with Crippen LogP contribution in [0.4, 0.5) is 0 Å². The SMILES string of the molecule is Cn1c2c(c3cc(Cl)nc(C=O)c31)CCCC2. The molecule has 0 bridgehead atoms. The number of nitrogens with zero attached hydrogens (tertiary/aromatic N) is 2. The van der Waals surface area contributed by atoms with Crippen LogP contribution in [0, 0.1) is 0 Å². The molecule has 0 aromatic carbocycles. The highest BCUT2D eigenvalue weighted by atomic mass is 35.5. The first-order valence-electron chi connectivity index (χ1n) is 5.84. The maximum atomic E-state index is 11.1. The molecule has 2 heterocycles. The molecule has 0 spiro atoms. The zero-order valence-electron chi connectivity index (χ0n) is 9.66. The van der Waals surface area contributed by atoms with Crippen molar-refractivity contribution in [2.45, 2.75) is 25.7 Å². The Hall–Kier alpha value is -1.35. The van der Waals surface area contributed by atoms with E-state index < -0.39 is 0 Å². The summed E-state index contributed by atoms with van der Waals surface area (Å²) in [6.07, 6.45) is 5.37. The van der Waals surface area contributed by atoms with Crippen LogP contribution in [0.3, 0.4) is 0 Å². The lowest BCUT2D eigenvalue weighted by Crippen LogP contribution is -2.05. The number of fused-ring (bicyclic) bond motifs is 3. The molecule has 1 aliphatic carbocycles. The molecule has 3 nitrogen and oxygen atoms in total. The molecule has 0 saturated carbocycles. The lowest BCUT2D eigenvalue weighted by molar-refractivity contribution is 0.112. The van der Waals surface area contributed by atoms with Crippen molar-refractivity contribution in [1.82, 2.24) is 9.55 Å². The van der Waals surface area contributed by atoms with E-state index in [1.807, 2.05) is 13.1 Å². The number of carbonyl (C=O) groups excluding carboxylic acids is 1. The Labute approximate surface area is 104 Å². The maximum Gasteiger partial charge on any atom is 0.170 e. The van der Waals surface area contributed by atoms with E-state index in [0.717, 1.165) is 30.0 Å². The van der Waals surface area contributed by atoms with Gasteiger partial charge in [0.25, 0.3) is 0 Å². The predicted molar refractivity (Wildman–Crippen MR) is 67.8 cm³/mol. The molecule has 0 amide bonds. The summed E-state index contributed by atoms with van der Waals surface area (Å²) < 4.78 is 2.11. The van der Waals surface area contributed by atoms with Gasteiger partial charge in [-0.1, -0.05) is 11.6 Å². The van der Waals surface area contributed by atoms with Crippen molar-refractivity contribution in [2.75, 3.05) is 0 Å². The van der Waals surface area contributed by atoms with Gasteiger partial charge in [0.1, 0.15) is 10.8 Å². The van der Waals surface area contributed by atoms with Gasteiger partial charge in [0.2, 0.25) is 0 Å². The molecule has 0 N–H and O–H groups in total. The number of aromatic nitrogens is 2. The van der Waals surface area contributed by atoms with Crippen molar-refractivity contribution in [3.63, 3.8) is 0 Å². The number of aryl methyl sites for hydroxylation is 2. The fourth-order valence-electron chi connectivity index (χ4n) is 2.88. The Morgan fingerprint density at radius 2 is 2.18 bits per heavy atom. The topological polar surface area (TPSA) is 34.9 Å². The second-order valence-electron chi connectivity index (χ2n) is 4.54. The van der Waals surface area contributed by atoms with Crippen LogP contribution >= 0.6 is 11.6 Å². The molecular formula is C13H13ClN2O. The first-order chi connectivity index (χ1) is 8.22. The molecule has 0 radical (unpaired) electrons. The molecule has 17 heavy (non-hydrogen) atoms. The average Bonchev–Trinajstić information content (AvgIpc) is 2.63. The van der Waals surface area contributed by atoms with Gasteiger partial charge in [-0.25, -0.2) is 4.98 Å². The Morgan fingerprint density at radius 3 is 2.94 bits per heavy atom. The van der Waals surface area contributed by atoms with Crippen LogP contribution in [-0.4, -0.2) is 15.8 Å². The highest BCUT2D eigenvalue weighted by molar-refractivity contribution is 6.30. The quantitative estimate of drug-likeness (QED) is 0.575. The molecule has 0 saturated heterocycles. The van der Waals surface area contributed by atoms with Crippen molar-refractivity contribution >= 4 is 28.8 Å². The number of carbonyl (C=O) groups is 1. The zero-order valence-corrected chi connectivity index (χ0v) is 10.4. The second-order valence-corrected chi connectivity index (χ2v) is 4.92. The number of hydrogen-bond donors (Lipinski definition) is 0. The second kappa shape index (κ2) is 3.84. The number of aldehydes is 1. The molecule has 2 aromatic rings. The van der Waals surface area contributed by atoms with Crippen LogP contribution in [0.5, 0.6) is 0 Å². The van der Waals surface area contributed by atoms with Crippen LogP contribution in [0.1, 0.15) is 34.6 Å². The summed E-state index contributed by atoms with van der Waals surface area (Å²) in [6, 6.07) is 1.88. The monoisotopic (exact) mass is 248 g/mol. The molecule has 2 aromatic heterocycles. The van der Waals surface area contributed by atoms with Crippen LogP contribution in [-0.2, 0) is 19.9 Å². The van der Waals surface area contributed by atoms with Crippen molar-refractivity contribution in [3.8, 4) is 0 Å². The van der Waals surface area contributed by atoms with E-state index in [1.54, 1.807) is 0 Å². The van der Waals surface area contributed by atoms with Crippen molar-refractivity contribution in [1.29, 1.82) is 0 Å². The van der Waals surface area contributed by atoms with E-state index in [0.29, 0.717) is 10.8 Å². The standard InChI is InChI=1S/C13H13ClN2O/c1-16-11-5-3-2-4-8(11)9-6-12(14)15-10(7-17)13(9)16/h6-7H,2-5H2,1H3. The number of rotatable bonds is 1. The van der Waals surface area contributed by atoms with Crippen LogP contribution in [0.25, 0.3) is 10.9 Å². The molecule has 0 aliphatic heterocycles. The van der Waals surface area contributed by atoms with Crippen molar-refractivity contribution in [2.24, 2.45) is 7.05 Å². The van der Waals surface area contributed by atoms with E-state index in [1.165, 1.54) is 24.1 Å². The fourth-order valence-corrected chi connectivity index (χ4v) is 3.08. The minimum absolute atomic E-state index is 0.401. The van der Waals surface area contributed by atoms with Gasteiger partial charge in [0, 0.05) is 18.1 Å². The normalized spacial score (nSPS) is 14.9. The minimum Gasteiger partial charge on any atom is -0.346 e. The van der Waals surface area contributed by atoms with E-state index >= 15 is 0 Å². The summed E-state index contributed by atoms with van der Waals surface area (Å²) in [7, 11) is 2.01. The fraction of sp³-hybridized carbons (Fsp3) is 0.385. The van der Waals surface area contributed by atoms with Crippen LogP contribution in [0.15, 0.2) is 6.07 Å². The third kappa shape index (κ3) is 1.49. The van der Waals surface area contributed by atoms with E-state index in [4.69, 9.17) is 11.6 Å². The predicted octanol–water partition coefficient (Wildman–Crippen LogP) is 2.92. The smallest absolute Gasteiger partial charge is 0.170 e. The highest BCUT2D eigenvalue weighted by Gasteiger charge is 2.21. The summed E-state index contributed by atoms with van der Waals surface area (Å²) in [5.74, 6) is 0. The van der Waals surface area contributed by atoms with Gasteiger partial charge in [-0.3, -0.25) is 4.79 Å². The highest BCUT2D eigenvalue weighted by Crippen LogP contribution is 2.33. The largest absolute Gasteiger partial charge is 0.346 e. The molecule has 0 unspecified atom stereocenters.